The summed E-state index contributed by atoms with van der Waals surface area (Å²) in [6, 6.07) is 55.1. The van der Waals surface area contributed by atoms with Crippen molar-refractivity contribution in [3.8, 4) is 33.8 Å². The zero-order valence-electron chi connectivity index (χ0n) is 28.3. The van der Waals surface area contributed by atoms with E-state index < -0.39 is 0 Å². The monoisotopic (exact) mass is 652 g/mol. The maximum Gasteiger partial charge on any atom is 0.0894 e. The minimum absolute atomic E-state index is 0.0303. The molecule has 240 valence electrons. The van der Waals surface area contributed by atoms with E-state index in [-0.39, 0.29) is 5.41 Å². The summed E-state index contributed by atoms with van der Waals surface area (Å²) in [6.07, 6.45) is 1.88. The number of fused-ring (bicyclic) bond motifs is 10. The summed E-state index contributed by atoms with van der Waals surface area (Å²) in [5.41, 5.74) is 16.1. The molecule has 51 heavy (non-hydrogen) atoms. The lowest BCUT2D eigenvalue weighted by molar-refractivity contribution is 0.660. The highest BCUT2D eigenvalue weighted by molar-refractivity contribution is 6.19. The van der Waals surface area contributed by atoms with E-state index >= 15 is 0 Å². The van der Waals surface area contributed by atoms with Crippen LogP contribution in [0.5, 0.6) is 0 Å². The highest BCUT2D eigenvalue weighted by Gasteiger charge is 2.35. The van der Waals surface area contributed by atoms with Gasteiger partial charge in [0.1, 0.15) is 0 Å². The van der Waals surface area contributed by atoms with Crippen molar-refractivity contribution in [2.24, 2.45) is 0 Å². The second-order valence-electron chi connectivity index (χ2n) is 14.3. The van der Waals surface area contributed by atoms with Gasteiger partial charge in [0.25, 0.3) is 0 Å². The molecule has 0 atom stereocenters. The van der Waals surface area contributed by atoms with E-state index in [0.29, 0.717) is 0 Å². The van der Waals surface area contributed by atoms with Crippen LogP contribution in [0.3, 0.4) is 0 Å². The molecule has 10 aromatic rings. The SMILES string of the molecule is CC1(C)c2ccccc2-c2cc(-n3c4ccccc4c4cc5c(cc43)c3ccccc3n5-c3cccc(-c4cnc5ccccc5n4)c3)ccc21. The van der Waals surface area contributed by atoms with Crippen LogP contribution in [-0.2, 0) is 5.41 Å². The molecule has 0 unspecified atom stereocenters. The van der Waals surface area contributed by atoms with Gasteiger partial charge in [-0.3, -0.25) is 4.98 Å². The zero-order chi connectivity index (χ0) is 33.8. The van der Waals surface area contributed by atoms with E-state index in [0.717, 1.165) is 28.0 Å². The topological polar surface area (TPSA) is 35.6 Å². The standard InChI is InChI=1S/C47H32N4/c1-47(2)38-17-6-3-14-32(38)35-25-31(22-23-39(35)47)51-44-21-10-5-16-34(44)37-26-45-36(27-46(37)51)33-15-4-9-20-43(33)50(45)30-13-11-12-29(24-30)42-28-48-40-18-7-8-19-41(40)49-42/h3-28H,1-2H3. The molecular formula is C47H32N4. The average Bonchev–Trinajstić information content (AvgIpc) is 3.76. The Bertz CT molecular complexity index is 3070. The first kappa shape index (κ1) is 28.3. The van der Waals surface area contributed by atoms with Crippen LogP contribution in [0.4, 0.5) is 0 Å². The quantitative estimate of drug-likeness (QED) is 0.190. The van der Waals surface area contributed by atoms with Crippen molar-refractivity contribution >= 4 is 54.6 Å². The molecule has 0 fully saturated rings. The Balaban J connectivity index is 1.16. The lowest BCUT2D eigenvalue weighted by Gasteiger charge is -2.21. The second kappa shape index (κ2) is 10.3. The normalized spacial score (nSPS) is 13.5. The van der Waals surface area contributed by atoms with E-state index in [1.807, 2.05) is 30.5 Å². The van der Waals surface area contributed by atoms with Gasteiger partial charge < -0.3 is 9.13 Å². The summed E-state index contributed by atoms with van der Waals surface area (Å²) >= 11 is 0. The predicted octanol–water partition coefficient (Wildman–Crippen LogP) is 11.8. The fourth-order valence-corrected chi connectivity index (χ4v) is 8.73. The van der Waals surface area contributed by atoms with Crippen molar-refractivity contribution in [1.29, 1.82) is 0 Å². The third-order valence-corrected chi connectivity index (χ3v) is 11.1. The van der Waals surface area contributed by atoms with Crippen molar-refractivity contribution in [3.63, 3.8) is 0 Å². The number of hydrogen-bond donors (Lipinski definition) is 0. The molecule has 7 aromatic carbocycles. The summed E-state index contributed by atoms with van der Waals surface area (Å²) in [7, 11) is 0. The van der Waals surface area contributed by atoms with Crippen LogP contribution in [0.1, 0.15) is 25.0 Å². The number of rotatable bonds is 3. The minimum atomic E-state index is -0.0303. The van der Waals surface area contributed by atoms with Gasteiger partial charge >= 0.3 is 0 Å². The van der Waals surface area contributed by atoms with Gasteiger partial charge in [-0.05, 0) is 82.9 Å². The Morgan fingerprint density at radius 2 is 1.06 bits per heavy atom. The van der Waals surface area contributed by atoms with Gasteiger partial charge in [0, 0.05) is 43.9 Å². The van der Waals surface area contributed by atoms with Gasteiger partial charge in [0.05, 0.1) is 45.0 Å². The molecule has 4 nitrogen and oxygen atoms in total. The molecule has 1 aliphatic rings. The highest BCUT2D eigenvalue weighted by atomic mass is 15.0. The maximum absolute atomic E-state index is 4.97. The van der Waals surface area contributed by atoms with Crippen molar-refractivity contribution < 1.29 is 0 Å². The van der Waals surface area contributed by atoms with Crippen molar-refractivity contribution in [2.45, 2.75) is 19.3 Å². The molecule has 0 radical (unpaired) electrons. The average molecular weight is 653 g/mol. The van der Waals surface area contributed by atoms with Crippen LogP contribution in [0, 0.1) is 0 Å². The van der Waals surface area contributed by atoms with Crippen LogP contribution in [-0.4, -0.2) is 19.1 Å². The lowest BCUT2D eigenvalue weighted by atomic mass is 9.82. The van der Waals surface area contributed by atoms with Gasteiger partial charge in [-0.15, -0.1) is 0 Å². The largest absolute Gasteiger partial charge is 0.309 e. The van der Waals surface area contributed by atoms with Gasteiger partial charge in [0.2, 0.25) is 0 Å². The Morgan fingerprint density at radius 1 is 0.451 bits per heavy atom. The Morgan fingerprint density at radius 3 is 1.80 bits per heavy atom. The molecule has 3 heterocycles. The summed E-state index contributed by atoms with van der Waals surface area (Å²) in [5.74, 6) is 0. The molecule has 0 aliphatic heterocycles. The summed E-state index contributed by atoms with van der Waals surface area (Å²) < 4.78 is 4.87. The first-order chi connectivity index (χ1) is 25.0. The van der Waals surface area contributed by atoms with E-state index in [9.17, 15) is 0 Å². The number of nitrogens with zero attached hydrogens (tertiary/aromatic N) is 4. The van der Waals surface area contributed by atoms with Gasteiger partial charge in [-0.2, -0.15) is 0 Å². The Hall–Kier alpha value is -6.52. The molecule has 0 bridgehead atoms. The molecule has 0 amide bonds. The van der Waals surface area contributed by atoms with Crippen LogP contribution in [0.15, 0.2) is 158 Å². The number of hydrogen-bond acceptors (Lipinski definition) is 2. The van der Waals surface area contributed by atoms with Crippen LogP contribution in [0.25, 0.3) is 88.4 Å². The van der Waals surface area contributed by atoms with Crippen molar-refractivity contribution in [3.05, 3.63) is 169 Å². The second-order valence-corrected chi connectivity index (χ2v) is 14.3. The summed E-state index contributed by atoms with van der Waals surface area (Å²) in [5, 5.41) is 4.94. The Labute approximate surface area is 294 Å². The van der Waals surface area contributed by atoms with Crippen molar-refractivity contribution in [1.82, 2.24) is 19.1 Å². The Kier molecular flexibility index (Phi) is 5.70. The predicted molar refractivity (Wildman–Crippen MR) is 211 cm³/mol. The third-order valence-electron chi connectivity index (χ3n) is 11.1. The molecule has 4 heteroatoms. The molecule has 1 aliphatic carbocycles. The molecule has 3 aromatic heterocycles. The molecule has 11 rings (SSSR count). The smallest absolute Gasteiger partial charge is 0.0894 e. The van der Waals surface area contributed by atoms with Crippen LogP contribution >= 0.6 is 0 Å². The van der Waals surface area contributed by atoms with E-state index in [1.165, 1.54) is 71.6 Å². The number of para-hydroxylation sites is 4. The van der Waals surface area contributed by atoms with Crippen LogP contribution < -0.4 is 0 Å². The number of benzene rings is 7. The van der Waals surface area contributed by atoms with Crippen molar-refractivity contribution in [2.75, 3.05) is 0 Å². The summed E-state index contributed by atoms with van der Waals surface area (Å²) in [6.45, 7) is 4.68. The molecule has 0 spiro atoms. The van der Waals surface area contributed by atoms with Gasteiger partial charge in [-0.25, -0.2) is 4.98 Å². The number of aromatic nitrogens is 4. The third kappa shape index (κ3) is 3.96. The molecular weight excluding hydrogens is 621 g/mol. The molecule has 0 saturated carbocycles. The maximum atomic E-state index is 4.97. The first-order valence-corrected chi connectivity index (χ1v) is 17.6. The fourth-order valence-electron chi connectivity index (χ4n) is 8.73. The van der Waals surface area contributed by atoms with Crippen LogP contribution in [0.2, 0.25) is 0 Å². The first-order valence-electron chi connectivity index (χ1n) is 17.6. The van der Waals surface area contributed by atoms with E-state index in [2.05, 4.69) is 150 Å². The summed E-state index contributed by atoms with van der Waals surface area (Å²) in [4.78, 5) is 9.67. The molecule has 0 N–H and O–H groups in total. The highest BCUT2D eigenvalue weighted by Crippen LogP contribution is 2.49. The van der Waals surface area contributed by atoms with Gasteiger partial charge in [-0.1, -0.05) is 105 Å². The zero-order valence-corrected chi connectivity index (χ0v) is 28.3. The van der Waals surface area contributed by atoms with Gasteiger partial charge in [0.15, 0.2) is 0 Å². The lowest BCUT2D eigenvalue weighted by Crippen LogP contribution is -2.14. The van der Waals surface area contributed by atoms with E-state index in [1.54, 1.807) is 0 Å². The fraction of sp³-hybridized carbons (Fsp3) is 0.0638. The molecule has 0 saturated heterocycles. The minimum Gasteiger partial charge on any atom is -0.309 e. The van der Waals surface area contributed by atoms with E-state index in [4.69, 9.17) is 9.97 Å².